The van der Waals surface area contributed by atoms with Crippen LogP contribution in [0.25, 0.3) is 0 Å². The van der Waals surface area contributed by atoms with E-state index in [-0.39, 0.29) is 18.5 Å². The molecule has 12 heteroatoms. The zero-order valence-electron chi connectivity index (χ0n) is 19.3. The number of rotatable bonds is 8. The van der Waals surface area contributed by atoms with Crippen molar-refractivity contribution in [2.75, 3.05) is 41.1 Å². The lowest BCUT2D eigenvalue weighted by Gasteiger charge is -2.34. The summed E-state index contributed by atoms with van der Waals surface area (Å²) in [5.41, 5.74) is 2.07. The average Bonchev–Trinajstić information content (AvgIpc) is 2.87. The predicted octanol–water partition coefficient (Wildman–Crippen LogP) is 3.70. The number of methoxy groups -OCH3 is 2. The number of carbonyl (C=O) groups excluding carboxylic acids is 1. The maximum atomic E-state index is 13.2. The Morgan fingerprint density at radius 3 is 2.37 bits per heavy atom. The molecule has 1 aromatic heterocycles. The first-order chi connectivity index (χ1) is 16.7. The summed E-state index contributed by atoms with van der Waals surface area (Å²) in [7, 11) is 1.00. The summed E-state index contributed by atoms with van der Waals surface area (Å²) in [6.07, 6.45) is 1.62. The van der Waals surface area contributed by atoms with Gasteiger partial charge in [0.2, 0.25) is 5.95 Å². The number of hydrogen-bond acceptors (Lipinski definition) is 8. The summed E-state index contributed by atoms with van der Waals surface area (Å²) in [5.74, 6) is 1.75. The fourth-order valence-electron chi connectivity index (χ4n) is 3.52. The predicted molar refractivity (Wildman–Crippen MR) is 134 cm³/mol. The maximum Gasteiger partial charge on any atom is 0.330 e. The molecule has 2 N–H and O–H groups in total. The number of benzene rings is 2. The number of ether oxygens (including phenoxy) is 2. The fourth-order valence-corrected chi connectivity index (χ4v) is 4.08. The summed E-state index contributed by atoms with van der Waals surface area (Å²) in [6, 6.07) is 11.6. The summed E-state index contributed by atoms with van der Waals surface area (Å²) < 4.78 is 36.9. The van der Waals surface area contributed by atoms with E-state index >= 15 is 0 Å². The van der Waals surface area contributed by atoms with Crippen LogP contribution < -0.4 is 29.3 Å². The molecular weight excluding hydrogens is 472 g/mol. The Morgan fingerprint density at radius 2 is 1.74 bits per heavy atom. The molecule has 0 aliphatic carbocycles. The number of para-hydroxylation sites is 2. The highest BCUT2D eigenvalue weighted by Gasteiger charge is 2.31. The van der Waals surface area contributed by atoms with Gasteiger partial charge in [-0.05, 0) is 12.1 Å². The number of urea groups is 1. The second kappa shape index (κ2) is 9.50. The van der Waals surface area contributed by atoms with Gasteiger partial charge in [0, 0.05) is 42.4 Å². The molecule has 2 heterocycles. The highest BCUT2D eigenvalue weighted by molar-refractivity contribution is 7.95. The third-order valence-electron chi connectivity index (χ3n) is 5.30. The number of hydrogen-bond donors (Lipinski definition) is 2. The number of carbonyl (C=O) groups is 1. The van der Waals surface area contributed by atoms with Gasteiger partial charge in [0.05, 0.1) is 37.8 Å². The van der Waals surface area contributed by atoms with E-state index < -0.39 is 10.0 Å². The van der Waals surface area contributed by atoms with Crippen LogP contribution in [0.1, 0.15) is 5.56 Å². The third kappa shape index (κ3) is 4.96. The number of nitrogens with one attached hydrogen (secondary N) is 2. The van der Waals surface area contributed by atoms with Gasteiger partial charge >= 0.3 is 6.03 Å². The lowest BCUT2D eigenvalue weighted by Crippen LogP contribution is -2.46. The van der Waals surface area contributed by atoms with Gasteiger partial charge in [0.15, 0.2) is 0 Å². The zero-order valence-corrected chi connectivity index (χ0v) is 20.2. The number of sulfonamides is 1. The minimum atomic E-state index is -3.70. The number of anilines is 5. The van der Waals surface area contributed by atoms with Gasteiger partial charge < -0.3 is 14.8 Å². The monoisotopic (exact) mass is 496 g/mol. The number of nitrogens with zero attached hydrogens (tertiary/aromatic N) is 4. The van der Waals surface area contributed by atoms with E-state index in [0.29, 0.717) is 34.4 Å². The molecule has 0 fully saturated rings. The summed E-state index contributed by atoms with van der Waals surface area (Å²) in [6.45, 7) is 3.54. The molecule has 4 rings (SSSR count). The third-order valence-corrected chi connectivity index (χ3v) is 6.24. The second-order valence-electron chi connectivity index (χ2n) is 7.53. The van der Waals surface area contributed by atoms with E-state index in [9.17, 15) is 13.2 Å². The van der Waals surface area contributed by atoms with Crippen molar-refractivity contribution in [2.45, 2.75) is 6.54 Å². The first-order valence-electron chi connectivity index (χ1n) is 10.4. The van der Waals surface area contributed by atoms with Gasteiger partial charge in [0.1, 0.15) is 17.3 Å². The van der Waals surface area contributed by atoms with Crippen molar-refractivity contribution in [3.63, 3.8) is 0 Å². The molecular formula is C23H24N6O5S. The number of fused-ring (bicyclic) bond motifs is 1. The van der Waals surface area contributed by atoms with Crippen molar-refractivity contribution in [3.8, 4) is 11.5 Å². The van der Waals surface area contributed by atoms with Gasteiger partial charge in [0.25, 0.3) is 10.0 Å². The van der Waals surface area contributed by atoms with Crippen LogP contribution in [0, 0.1) is 0 Å². The van der Waals surface area contributed by atoms with Crippen LogP contribution in [-0.2, 0) is 16.6 Å². The van der Waals surface area contributed by atoms with E-state index in [0.717, 1.165) is 11.0 Å². The van der Waals surface area contributed by atoms with Crippen LogP contribution >= 0.6 is 0 Å². The number of aromatic nitrogens is 2. The van der Waals surface area contributed by atoms with E-state index in [1.165, 1.54) is 4.90 Å². The average molecular weight is 497 g/mol. The van der Waals surface area contributed by atoms with Crippen LogP contribution in [-0.4, -0.2) is 45.7 Å². The van der Waals surface area contributed by atoms with Gasteiger partial charge in [-0.1, -0.05) is 18.7 Å². The normalized spacial score (nSPS) is 13.2. The second-order valence-corrected chi connectivity index (χ2v) is 9.15. The van der Waals surface area contributed by atoms with Crippen LogP contribution in [0.15, 0.2) is 60.6 Å². The first-order valence-corrected chi connectivity index (χ1v) is 11.9. The smallest absolute Gasteiger partial charge is 0.330 e. The van der Waals surface area contributed by atoms with Crippen molar-refractivity contribution in [1.82, 2.24) is 9.97 Å². The molecule has 0 bridgehead atoms. The molecule has 1 aliphatic heterocycles. The lowest BCUT2D eigenvalue weighted by molar-refractivity contribution is 0.251. The van der Waals surface area contributed by atoms with Crippen molar-refractivity contribution in [2.24, 2.45) is 0 Å². The highest BCUT2D eigenvalue weighted by Crippen LogP contribution is 2.35. The Labute approximate surface area is 203 Å². The van der Waals surface area contributed by atoms with Crippen LogP contribution in [0.4, 0.5) is 33.6 Å². The largest absolute Gasteiger partial charge is 0.497 e. The van der Waals surface area contributed by atoms with E-state index in [1.54, 1.807) is 74.8 Å². The molecule has 0 unspecified atom stereocenters. The van der Waals surface area contributed by atoms with Gasteiger partial charge in [-0.25, -0.2) is 18.2 Å². The molecule has 11 nitrogen and oxygen atoms in total. The van der Waals surface area contributed by atoms with Crippen LogP contribution in [0.3, 0.4) is 0 Å². The van der Waals surface area contributed by atoms with Crippen LogP contribution in [0.5, 0.6) is 11.5 Å². The van der Waals surface area contributed by atoms with Gasteiger partial charge in [-0.3, -0.25) is 14.5 Å². The Balaban J connectivity index is 1.63. The van der Waals surface area contributed by atoms with Gasteiger partial charge in [-0.15, -0.1) is 0 Å². The van der Waals surface area contributed by atoms with E-state index in [2.05, 4.69) is 26.6 Å². The fraction of sp³-hybridized carbons (Fsp3) is 0.174. The summed E-state index contributed by atoms with van der Waals surface area (Å²) in [4.78, 5) is 25.1. The quantitative estimate of drug-likeness (QED) is 0.484. The topological polar surface area (TPSA) is 126 Å². The highest BCUT2D eigenvalue weighted by atomic mass is 32.2. The Kier molecular flexibility index (Phi) is 6.47. The molecule has 35 heavy (non-hydrogen) atoms. The molecule has 182 valence electrons. The summed E-state index contributed by atoms with van der Waals surface area (Å²) in [5, 5.41) is 3.83. The molecule has 0 atom stereocenters. The molecule has 2 aromatic carbocycles. The maximum absolute atomic E-state index is 13.2. The molecule has 0 saturated carbocycles. The van der Waals surface area contributed by atoms with E-state index in [4.69, 9.17) is 9.47 Å². The van der Waals surface area contributed by atoms with Crippen LogP contribution in [0.2, 0.25) is 0 Å². The molecule has 1 aliphatic rings. The Hall–Kier alpha value is -4.32. The minimum absolute atomic E-state index is 0.199. The SMILES string of the molecule is C=CS(=O)(=O)Nc1ccccc1Nc1ncc2c(n1)N(C)C(=O)N(c1cc(OC)cc(OC)c1)C2. The minimum Gasteiger partial charge on any atom is -0.497 e. The van der Waals surface area contributed by atoms with Gasteiger partial charge in [-0.2, -0.15) is 4.98 Å². The van der Waals surface area contributed by atoms with Crippen molar-refractivity contribution in [1.29, 1.82) is 0 Å². The van der Waals surface area contributed by atoms with Crippen molar-refractivity contribution in [3.05, 3.63) is 66.2 Å². The lowest BCUT2D eigenvalue weighted by atomic mass is 10.2. The molecule has 3 aromatic rings. The molecule has 0 saturated heterocycles. The standard InChI is InChI=1S/C23H24N6O5S/c1-5-35(31,32)27-20-9-7-6-8-19(20)25-22-24-13-15-14-29(23(30)28(2)21(15)26-22)16-10-17(33-3)12-18(11-16)34-4/h5-13,27H,1,14H2,2-4H3,(H,24,25,26). The molecule has 0 spiro atoms. The first kappa shape index (κ1) is 23.8. The van der Waals surface area contributed by atoms with Crippen molar-refractivity contribution < 1.29 is 22.7 Å². The number of amides is 2. The Morgan fingerprint density at radius 1 is 1.09 bits per heavy atom. The Bertz CT molecular complexity index is 1370. The van der Waals surface area contributed by atoms with Crippen molar-refractivity contribution >= 4 is 44.9 Å². The molecule has 2 amide bonds. The molecule has 0 radical (unpaired) electrons. The van der Waals surface area contributed by atoms with E-state index in [1.807, 2.05) is 0 Å². The summed E-state index contributed by atoms with van der Waals surface area (Å²) >= 11 is 0. The zero-order chi connectivity index (χ0) is 25.2.